The molecular formula is C39H39Cl2SiZr. The van der Waals surface area contributed by atoms with Crippen molar-refractivity contribution < 1.29 is 15.6 Å². The van der Waals surface area contributed by atoms with E-state index in [4.69, 9.17) is 17.0 Å². The van der Waals surface area contributed by atoms with Crippen molar-refractivity contribution in [2.24, 2.45) is 0 Å². The van der Waals surface area contributed by atoms with Crippen molar-refractivity contribution >= 4 is 43.1 Å². The van der Waals surface area contributed by atoms with Gasteiger partial charge in [-0.15, -0.1) is 0 Å². The fourth-order valence-electron chi connectivity index (χ4n) is 7.98. The van der Waals surface area contributed by atoms with E-state index in [1.807, 2.05) is 0 Å². The second-order valence-corrected chi connectivity index (χ2v) is 54.4. The van der Waals surface area contributed by atoms with Gasteiger partial charge in [-0.25, -0.2) is 0 Å². The van der Waals surface area contributed by atoms with E-state index < -0.39 is 21.5 Å². The average molecular weight is 698 g/mol. The molecule has 0 radical (unpaired) electrons. The van der Waals surface area contributed by atoms with E-state index in [0.29, 0.717) is 0 Å². The van der Waals surface area contributed by atoms with Gasteiger partial charge in [0.1, 0.15) is 0 Å². The molecule has 0 amide bonds. The maximum atomic E-state index is 8.51. The SMILES string of the molecule is CCCCCC1=Cc2c(-c3cccc4ccccc34)cccc2[CH]1[Zr]([Cl])([Cl])([c]1cccc2c1Cc1ccccc1-2)[SiH](C)C. The third-order valence-corrected chi connectivity index (χ3v) is 60.2. The Morgan fingerprint density at radius 1 is 0.721 bits per heavy atom. The average Bonchev–Trinajstić information content (AvgIpc) is 3.60. The van der Waals surface area contributed by atoms with E-state index in [2.05, 4.69) is 129 Å². The standard InChI is InChI=1S/C24H23.C13H9.C2H7Si.2ClH.Zr/c1-2-3-4-9-18-16-20-12-8-15-23(24(20)17-18)22-14-7-11-19-10-5-6-13-21(19)22;1-3-7-12-10(5-1)9-11-6-2-4-8-13(11)12;1-3-2;;;/h5-8,10-17H,2-4,9H2,1H3;1-5,7-8H,9H2;3H,1-2H3;2*1H;/q;;;;;+2/p-2. The van der Waals surface area contributed by atoms with E-state index in [9.17, 15) is 0 Å². The summed E-state index contributed by atoms with van der Waals surface area (Å²) in [6.45, 7) is 7.15. The summed E-state index contributed by atoms with van der Waals surface area (Å²) >= 11 is -4.77. The number of halogens is 2. The second kappa shape index (κ2) is 11.3. The van der Waals surface area contributed by atoms with Crippen molar-refractivity contribution in [3.63, 3.8) is 0 Å². The Balaban J connectivity index is 1.47. The zero-order valence-electron chi connectivity index (χ0n) is 25.3. The van der Waals surface area contributed by atoms with Crippen molar-refractivity contribution in [1.82, 2.24) is 0 Å². The van der Waals surface area contributed by atoms with Crippen LogP contribution in [0, 0.1) is 0 Å². The molecule has 1 unspecified atom stereocenters. The molecule has 0 saturated heterocycles. The summed E-state index contributed by atoms with van der Waals surface area (Å²) in [4.78, 5) is 0. The Kier molecular flexibility index (Phi) is 7.75. The predicted molar refractivity (Wildman–Crippen MR) is 189 cm³/mol. The topological polar surface area (TPSA) is 0 Å². The van der Waals surface area contributed by atoms with Crippen LogP contribution in [0.1, 0.15) is 58.5 Å². The molecule has 5 aromatic rings. The maximum absolute atomic E-state index is 8.51. The first-order valence-electron chi connectivity index (χ1n) is 15.9. The molecule has 0 aliphatic heterocycles. The number of benzene rings is 5. The van der Waals surface area contributed by atoms with Gasteiger partial charge in [-0.05, 0) is 0 Å². The Labute approximate surface area is 265 Å². The Morgan fingerprint density at radius 2 is 1.40 bits per heavy atom. The minimum absolute atomic E-state index is 0.105. The molecule has 0 saturated carbocycles. The molecule has 0 bridgehead atoms. The zero-order valence-corrected chi connectivity index (χ0v) is 30.5. The van der Waals surface area contributed by atoms with E-state index in [1.54, 1.807) is 0 Å². The van der Waals surface area contributed by atoms with E-state index in [1.165, 1.54) is 83.4 Å². The second-order valence-electron chi connectivity index (χ2n) is 12.9. The molecule has 7 rings (SSSR count). The Morgan fingerprint density at radius 3 is 2.23 bits per heavy atom. The van der Waals surface area contributed by atoms with Crippen LogP contribution in [0.15, 0.2) is 109 Å². The molecular weight excluding hydrogens is 659 g/mol. The Hall–Kier alpha value is -2.22. The van der Waals surface area contributed by atoms with Crippen LogP contribution in [0.2, 0.25) is 13.1 Å². The number of fused-ring (bicyclic) bond motifs is 5. The molecule has 0 aromatic heterocycles. The van der Waals surface area contributed by atoms with E-state index in [0.717, 1.165) is 12.8 Å². The normalized spacial score (nSPS) is 16.5. The third kappa shape index (κ3) is 4.63. The number of unbranched alkanes of at least 4 members (excludes halogenated alkanes) is 2. The molecule has 2 aliphatic rings. The molecule has 0 heterocycles. The van der Waals surface area contributed by atoms with Gasteiger partial charge in [-0.1, -0.05) is 0 Å². The molecule has 0 fully saturated rings. The molecule has 0 spiro atoms. The number of allylic oxidation sites excluding steroid dienone is 1. The van der Waals surface area contributed by atoms with Crippen molar-refractivity contribution in [3.05, 3.63) is 131 Å². The first kappa shape index (κ1) is 29.5. The molecule has 5 aromatic carbocycles. The van der Waals surface area contributed by atoms with Gasteiger partial charge < -0.3 is 0 Å². The van der Waals surface area contributed by atoms with E-state index >= 15 is 0 Å². The third-order valence-electron chi connectivity index (χ3n) is 10.3. The summed E-state index contributed by atoms with van der Waals surface area (Å²) in [5, 5.41) is 2.56. The number of hydrogen-bond acceptors (Lipinski definition) is 0. The Bertz CT molecular complexity index is 1900. The van der Waals surface area contributed by atoms with Gasteiger partial charge >= 0.3 is 268 Å². The molecule has 0 nitrogen and oxygen atoms in total. The summed E-state index contributed by atoms with van der Waals surface area (Å²) in [6, 6.07) is 38.0. The van der Waals surface area contributed by atoms with Crippen molar-refractivity contribution in [3.8, 4) is 22.3 Å². The monoisotopic (exact) mass is 695 g/mol. The quantitative estimate of drug-likeness (QED) is 0.110. The van der Waals surface area contributed by atoms with Crippen LogP contribution >= 0.6 is 17.0 Å². The first-order chi connectivity index (χ1) is 20.8. The number of rotatable bonds is 8. The summed E-state index contributed by atoms with van der Waals surface area (Å²) in [7, 11) is 17.0. The van der Waals surface area contributed by atoms with Crippen LogP contribution in [0.3, 0.4) is 0 Å². The van der Waals surface area contributed by atoms with Gasteiger partial charge in [0.15, 0.2) is 0 Å². The van der Waals surface area contributed by atoms with Gasteiger partial charge in [0.2, 0.25) is 0 Å². The van der Waals surface area contributed by atoms with E-state index in [-0.39, 0.29) is 3.63 Å². The molecule has 1 atom stereocenters. The van der Waals surface area contributed by atoms with Crippen LogP contribution < -0.4 is 3.27 Å². The van der Waals surface area contributed by atoms with Crippen molar-refractivity contribution in [1.29, 1.82) is 0 Å². The van der Waals surface area contributed by atoms with Crippen LogP contribution in [0.4, 0.5) is 0 Å². The fourth-order valence-corrected chi connectivity index (χ4v) is 35.8. The molecule has 4 heteroatoms. The van der Waals surface area contributed by atoms with Gasteiger partial charge in [-0.2, -0.15) is 0 Å². The predicted octanol–water partition coefficient (Wildman–Crippen LogP) is 11.4. The first-order valence-corrected chi connectivity index (χ1v) is 32.0. The van der Waals surface area contributed by atoms with Crippen LogP contribution in [-0.2, 0) is 22.0 Å². The molecule has 43 heavy (non-hydrogen) atoms. The van der Waals surface area contributed by atoms with Crippen molar-refractivity contribution in [2.75, 3.05) is 0 Å². The summed E-state index contributed by atoms with van der Waals surface area (Å²) in [5.41, 5.74) is 12.2. The van der Waals surface area contributed by atoms with Crippen LogP contribution in [-0.4, -0.2) is 5.92 Å². The summed E-state index contributed by atoms with van der Waals surface area (Å²) in [6.07, 6.45) is 8.10. The van der Waals surface area contributed by atoms with Gasteiger partial charge in [0.25, 0.3) is 0 Å². The number of hydrogen-bond donors (Lipinski definition) is 0. The molecule has 0 N–H and O–H groups in total. The minimum atomic E-state index is -4.77. The summed E-state index contributed by atoms with van der Waals surface area (Å²) in [5.74, 6) is -1.60. The fraction of sp³-hybridized carbons (Fsp3) is 0.231. The van der Waals surface area contributed by atoms with Crippen LogP contribution in [0.5, 0.6) is 0 Å². The van der Waals surface area contributed by atoms with Gasteiger partial charge in [-0.3, -0.25) is 0 Å². The van der Waals surface area contributed by atoms with Gasteiger partial charge in [0.05, 0.1) is 0 Å². The van der Waals surface area contributed by atoms with Gasteiger partial charge in [0, 0.05) is 0 Å². The molecule has 217 valence electrons. The zero-order chi connectivity index (χ0) is 29.8. The van der Waals surface area contributed by atoms with Crippen molar-refractivity contribution in [2.45, 2.75) is 55.7 Å². The molecule has 2 aliphatic carbocycles. The van der Waals surface area contributed by atoms with Crippen LogP contribution in [0.25, 0.3) is 39.1 Å². The summed E-state index contributed by atoms with van der Waals surface area (Å²) < 4.78 is 1.43.